The zero-order valence-corrected chi connectivity index (χ0v) is 15.0. The molecule has 0 aromatic heterocycles. The first-order chi connectivity index (χ1) is 10.2. The highest BCUT2D eigenvalue weighted by Crippen LogP contribution is 2.31. The van der Waals surface area contributed by atoms with Crippen LogP contribution < -0.4 is 10.6 Å². The van der Waals surface area contributed by atoms with Gasteiger partial charge in [-0.25, -0.2) is 0 Å². The monoisotopic (exact) mass is 320 g/mol. The Kier molecular flexibility index (Phi) is 5.23. The van der Waals surface area contributed by atoms with Gasteiger partial charge < -0.3 is 10.6 Å². The number of hydrogen-bond donors (Lipinski definition) is 3. The number of amides is 1. The van der Waals surface area contributed by atoms with Crippen LogP contribution in [0.2, 0.25) is 0 Å². The molecule has 2 rings (SSSR count). The molecule has 22 heavy (non-hydrogen) atoms. The Bertz CT molecular complexity index is 518. The second-order valence-electron chi connectivity index (χ2n) is 7.49. The van der Waals surface area contributed by atoms with E-state index in [0.717, 1.165) is 31.6 Å². The number of rotatable bonds is 2. The van der Waals surface area contributed by atoms with Gasteiger partial charge in [-0.15, -0.1) is 0 Å². The second kappa shape index (κ2) is 6.63. The van der Waals surface area contributed by atoms with E-state index in [1.807, 2.05) is 32.9 Å². The molecule has 1 amide bonds. The molecule has 0 saturated carbocycles. The molecule has 3 nitrogen and oxygen atoms in total. The van der Waals surface area contributed by atoms with Crippen molar-refractivity contribution in [3.8, 4) is 0 Å². The van der Waals surface area contributed by atoms with E-state index >= 15 is 0 Å². The van der Waals surface area contributed by atoms with E-state index in [1.54, 1.807) is 0 Å². The number of hydrogen-bond acceptors (Lipinski definition) is 3. The maximum absolute atomic E-state index is 12.4. The van der Waals surface area contributed by atoms with Crippen LogP contribution in [0.1, 0.15) is 40.5 Å². The Labute approximate surface area is 139 Å². The van der Waals surface area contributed by atoms with Gasteiger partial charge in [-0.3, -0.25) is 4.79 Å². The summed E-state index contributed by atoms with van der Waals surface area (Å²) in [6.07, 6.45) is 10.5. The van der Waals surface area contributed by atoms with Crippen LogP contribution in [-0.2, 0) is 4.79 Å². The third kappa shape index (κ3) is 4.50. The molecule has 0 spiro atoms. The molecule has 2 N–H and O–H groups in total. The highest BCUT2D eigenvalue weighted by Gasteiger charge is 2.26. The van der Waals surface area contributed by atoms with Crippen LogP contribution in [0, 0.1) is 11.3 Å². The Morgan fingerprint density at radius 1 is 1.27 bits per heavy atom. The number of carbonyl (C=O) groups is 1. The number of nitrogens with one attached hydrogen (secondary N) is 2. The maximum Gasteiger partial charge on any atom is 0.229 e. The zero-order valence-electron chi connectivity index (χ0n) is 14.1. The van der Waals surface area contributed by atoms with E-state index in [1.165, 1.54) is 5.57 Å². The molecule has 1 aliphatic heterocycles. The predicted molar refractivity (Wildman–Crippen MR) is 95.9 cm³/mol. The highest BCUT2D eigenvalue weighted by atomic mass is 32.1. The van der Waals surface area contributed by atoms with Crippen molar-refractivity contribution in [1.29, 1.82) is 0 Å². The minimum Gasteiger partial charge on any atom is -0.325 e. The molecule has 1 fully saturated rings. The first-order valence-electron chi connectivity index (χ1n) is 8.06. The van der Waals surface area contributed by atoms with Crippen molar-refractivity contribution >= 4 is 18.5 Å². The summed E-state index contributed by atoms with van der Waals surface area (Å²) >= 11 is 4.65. The molecule has 0 aromatic rings. The van der Waals surface area contributed by atoms with Crippen molar-refractivity contribution in [3.05, 3.63) is 35.6 Å². The van der Waals surface area contributed by atoms with Gasteiger partial charge in [-0.1, -0.05) is 39.0 Å². The number of thiol groups is 1. The van der Waals surface area contributed by atoms with Gasteiger partial charge in [-0.2, -0.15) is 12.6 Å². The summed E-state index contributed by atoms with van der Waals surface area (Å²) in [5.41, 5.74) is 1.76. The van der Waals surface area contributed by atoms with Gasteiger partial charge in [0.15, 0.2) is 0 Å². The predicted octanol–water partition coefficient (Wildman–Crippen LogP) is 3.22. The first kappa shape index (κ1) is 17.4. The quantitative estimate of drug-likeness (QED) is 0.684. The Hall–Kier alpha value is -1.00. The van der Waals surface area contributed by atoms with Gasteiger partial charge in [0.05, 0.1) is 0 Å². The molecule has 2 aliphatic rings. The minimum atomic E-state index is -0.402. The molecule has 1 heterocycles. The summed E-state index contributed by atoms with van der Waals surface area (Å²) in [4.78, 5) is 12.4. The molecule has 0 bridgehead atoms. The molecular formula is C18H28N2OS. The van der Waals surface area contributed by atoms with E-state index in [-0.39, 0.29) is 10.7 Å². The molecule has 0 radical (unpaired) electrons. The highest BCUT2D eigenvalue weighted by molar-refractivity contribution is 7.82. The normalized spacial score (nSPS) is 27.0. The molecule has 4 heteroatoms. The van der Waals surface area contributed by atoms with Gasteiger partial charge >= 0.3 is 0 Å². The lowest BCUT2D eigenvalue weighted by Crippen LogP contribution is -2.35. The molecule has 1 saturated heterocycles. The van der Waals surface area contributed by atoms with Crippen molar-refractivity contribution in [2.75, 3.05) is 13.1 Å². The Balaban J connectivity index is 2.33. The summed E-state index contributed by atoms with van der Waals surface area (Å²) in [7, 11) is 0. The van der Waals surface area contributed by atoms with Gasteiger partial charge in [0.1, 0.15) is 0 Å². The fourth-order valence-corrected chi connectivity index (χ4v) is 2.81. The molecule has 1 aliphatic carbocycles. The number of allylic oxidation sites excluding steroid dienone is 3. The molecule has 1 atom stereocenters. The molecule has 0 aromatic carbocycles. The summed E-state index contributed by atoms with van der Waals surface area (Å²) in [6, 6.07) is 0. The SMILES string of the molecule is CC1(S)C=CC(NC(=O)C(C)(C)C)=C(C2CCNCC2)C=C1. The van der Waals surface area contributed by atoms with Gasteiger partial charge in [0.25, 0.3) is 0 Å². The smallest absolute Gasteiger partial charge is 0.229 e. The largest absolute Gasteiger partial charge is 0.325 e. The maximum atomic E-state index is 12.4. The van der Waals surface area contributed by atoms with E-state index in [0.29, 0.717) is 5.92 Å². The van der Waals surface area contributed by atoms with Gasteiger partial charge in [-0.05, 0) is 50.4 Å². The lowest BCUT2D eigenvalue weighted by atomic mass is 9.87. The van der Waals surface area contributed by atoms with Crippen LogP contribution in [0.4, 0.5) is 0 Å². The summed E-state index contributed by atoms with van der Waals surface area (Å²) in [6.45, 7) is 9.93. The van der Waals surface area contributed by atoms with E-state index in [2.05, 4.69) is 42.3 Å². The third-order valence-electron chi connectivity index (χ3n) is 4.21. The van der Waals surface area contributed by atoms with Crippen molar-refractivity contribution in [1.82, 2.24) is 10.6 Å². The van der Waals surface area contributed by atoms with Crippen LogP contribution in [0.25, 0.3) is 0 Å². The van der Waals surface area contributed by atoms with Crippen molar-refractivity contribution in [2.45, 2.75) is 45.3 Å². The van der Waals surface area contributed by atoms with Crippen LogP contribution in [-0.4, -0.2) is 23.7 Å². The fraction of sp³-hybridized carbons (Fsp3) is 0.611. The standard InChI is InChI=1S/C18H28N2OS/c1-17(2,3)16(21)20-15-6-10-18(4,22)9-5-14(15)13-7-11-19-12-8-13/h5-6,9-10,13,19,22H,7-8,11-12H2,1-4H3,(H,20,21). The second-order valence-corrected chi connectivity index (χ2v) is 8.45. The molecular weight excluding hydrogens is 292 g/mol. The fourth-order valence-electron chi connectivity index (χ4n) is 2.66. The molecule has 1 unspecified atom stereocenters. The summed E-state index contributed by atoms with van der Waals surface area (Å²) in [5, 5.41) is 6.53. The van der Waals surface area contributed by atoms with Crippen LogP contribution in [0.5, 0.6) is 0 Å². The third-order valence-corrected chi connectivity index (χ3v) is 4.51. The van der Waals surface area contributed by atoms with Crippen LogP contribution in [0.3, 0.4) is 0 Å². The van der Waals surface area contributed by atoms with Crippen LogP contribution in [0.15, 0.2) is 35.6 Å². The average Bonchev–Trinajstić information content (AvgIpc) is 2.58. The average molecular weight is 321 g/mol. The summed E-state index contributed by atoms with van der Waals surface area (Å²) < 4.78 is -0.285. The lowest BCUT2D eigenvalue weighted by Gasteiger charge is -2.26. The number of piperidine rings is 1. The minimum absolute atomic E-state index is 0.0507. The number of carbonyl (C=O) groups excluding carboxylic acids is 1. The van der Waals surface area contributed by atoms with Crippen molar-refractivity contribution in [2.24, 2.45) is 11.3 Å². The van der Waals surface area contributed by atoms with Crippen molar-refractivity contribution < 1.29 is 4.79 Å². The Morgan fingerprint density at radius 3 is 2.45 bits per heavy atom. The lowest BCUT2D eigenvalue weighted by molar-refractivity contribution is -0.127. The van der Waals surface area contributed by atoms with Crippen molar-refractivity contribution in [3.63, 3.8) is 0 Å². The van der Waals surface area contributed by atoms with Gasteiger partial charge in [0, 0.05) is 15.9 Å². The van der Waals surface area contributed by atoms with Gasteiger partial charge in [0.2, 0.25) is 5.91 Å². The first-order valence-corrected chi connectivity index (χ1v) is 8.51. The topological polar surface area (TPSA) is 41.1 Å². The zero-order chi connectivity index (χ0) is 16.4. The Morgan fingerprint density at radius 2 is 1.86 bits per heavy atom. The van der Waals surface area contributed by atoms with E-state index in [4.69, 9.17) is 0 Å². The van der Waals surface area contributed by atoms with Crippen LogP contribution >= 0.6 is 12.6 Å². The summed E-state index contributed by atoms with van der Waals surface area (Å²) in [5.74, 6) is 0.536. The van der Waals surface area contributed by atoms with E-state index < -0.39 is 5.41 Å². The van der Waals surface area contributed by atoms with E-state index in [9.17, 15) is 4.79 Å². The molecule has 122 valence electrons.